The minimum atomic E-state index is -1.44. The Morgan fingerprint density at radius 3 is 2.62 bits per heavy atom. The number of aromatic hydroxyl groups is 1. The second-order valence-electron chi connectivity index (χ2n) is 2.30. The van der Waals surface area contributed by atoms with Crippen molar-refractivity contribution >= 4 is 27.6 Å². The molecule has 0 aliphatic heterocycles. The molecule has 0 aliphatic carbocycles. The number of nitrogens with two attached hydrogens (primary N) is 1. The highest BCUT2D eigenvalue weighted by Crippen LogP contribution is 2.34. The van der Waals surface area contributed by atoms with Gasteiger partial charge in [0.1, 0.15) is 0 Å². The van der Waals surface area contributed by atoms with E-state index in [2.05, 4.69) is 15.9 Å². The Kier molecular flexibility index (Phi) is 2.42. The summed E-state index contributed by atoms with van der Waals surface area (Å²) in [6, 6.07) is 0.859. The zero-order valence-corrected chi connectivity index (χ0v) is 7.80. The third kappa shape index (κ3) is 1.57. The van der Waals surface area contributed by atoms with Crippen LogP contribution >= 0.6 is 15.9 Å². The molecule has 0 heterocycles. The SMILES string of the molecule is Nc1cc(C(=O)O)c(F)c(Br)c1O. The summed E-state index contributed by atoms with van der Waals surface area (Å²) in [5.41, 5.74) is 4.45. The van der Waals surface area contributed by atoms with Crippen molar-refractivity contribution < 1.29 is 19.4 Å². The van der Waals surface area contributed by atoms with Crippen LogP contribution in [0.25, 0.3) is 0 Å². The monoisotopic (exact) mass is 249 g/mol. The van der Waals surface area contributed by atoms with E-state index >= 15 is 0 Å². The highest BCUT2D eigenvalue weighted by molar-refractivity contribution is 9.10. The molecule has 0 amide bonds. The van der Waals surface area contributed by atoms with Gasteiger partial charge in [0.15, 0.2) is 11.6 Å². The molecule has 0 fully saturated rings. The summed E-state index contributed by atoms with van der Waals surface area (Å²) in [4.78, 5) is 10.4. The zero-order chi connectivity index (χ0) is 10.2. The number of benzene rings is 1. The molecule has 1 rings (SSSR count). The van der Waals surface area contributed by atoms with Crippen LogP contribution < -0.4 is 5.73 Å². The maximum Gasteiger partial charge on any atom is 0.338 e. The Hall–Kier alpha value is -1.30. The van der Waals surface area contributed by atoms with E-state index < -0.39 is 23.1 Å². The van der Waals surface area contributed by atoms with E-state index in [9.17, 15) is 9.18 Å². The summed E-state index contributed by atoms with van der Waals surface area (Å²) in [5.74, 6) is -2.98. The molecule has 0 unspecified atom stereocenters. The average Bonchev–Trinajstić information content (AvgIpc) is 2.07. The molecule has 0 spiro atoms. The van der Waals surface area contributed by atoms with Crippen LogP contribution in [0.5, 0.6) is 5.75 Å². The Morgan fingerprint density at radius 2 is 2.15 bits per heavy atom. The van der Waals surface area contributed by atoms with Crippen LogP contribution in [-0.2, 0) is 0 Å². The molecule has 0 radical (unpaired) electrons. The van der Waals surface area contributed by atoms with Gasteiger partial charge in [-0.2, -0.15) is 0 Å². The predicted octanol–water partition coefficient (Wildman–Crippen LogP) is 1.57. The molecule has 70 valence electrons. The molecular weight excluding hydrogens is 245 g/mol. The number of hydrogen-bond donors (Lipinski definition) is 3. The number of phenolic OH excluding ortho intramolecular Hbond substituents is 1. The van der Waals surface area contributed by atoms with E-state index in [-0.39, 0.29) is 10.2 Å². The Morgan fingerprint density at radius 1 is 1.62 bits per heavy atom. The van der Waals surface area contributed by atoms with Crippen molar-refractivity contribution in [1.29, 1.82) is 0 Å². The summed E-state index contributed by atoms with van der Waals surface area (Å²) in [6.45, 7) is 0. The van der Waals surface area contributed by atoms with Crippen LogP contribution in [0.4, 0.5) is 10.1 Å². The molecular formula is C7H5BrFNO3. The van der Waals surface area contributed by atoms with Crippen LogP contribution in [0, 0.1) is 5.82 Å². The topological polar surface area (TPSA) is 83.6 Å². The molecule has 1 aromatic rings. The predicted molar refractivity (Wildman–Crippen MR) is 47.1 cm³/mol. The first-order valence-electron chi connectivity index (χ1n) is 3.15. The second-order valence-corrected chi connectivity index (χ2v) is 3.09. The molecule has 13 heavy (non-hydrogen) atoms. The lowest BCUT2D eigenvalue weighted by atomic mass is 10.2. The van der Waals surface area contributed by atoms with E-state index in [0.717, 1.165) is 6.07 Å². The fourth-order valence-corrected chi connectivity index (χ4v) is 1.23. The van der Waals surface area contributed by atoms with Crippen molar-refractivity contribution in [2.24, 2.45) is 0 Å². The largest absolute Gasteiger partial charge is 0.505 e. The normalized spacial score (nSPS) is 10.0. The van der Waals surface area contributed by atoms with Crippen LogP contribution in [0.15, 0.2) is 10.5 Å². The summed E-state index contributed by atoms with van der Waals surface area (Å²) in [6.07, 6.45) is 0. The first kappa shape index (κ1) is 9.79. The molecule has 4 nitrogen and oxygen atoms in total. The van der Waals surface area contributed by atoms with Gasteiger partial charge in [-0.3, -0.25) is 0 Å². The lowest BCUT2D eigenvalue weighted by molar-refractivity contribution is 0.0691. The number of nitrogen functional groups attached to an aromatic ring is 1. The number of rotatable bonds is 1. The molecule has 0 aliphatic rings. The highest BCUT2D eigenvalue weighted by Gasteiger charge is 2.18. The van der Waals surface area contributed by atoms with Gasteiger partial charge in [-0.25, -0.2) is 9.18 Å². The van der Waals surface area contributed by atoms with Crippen molar-refractivity contribution in [1.82, 2.24) is 0 Å². The van der Waals surface area contributed by atoms with Crippen LogP contribution in [0.3, 0.4) is 0 Å². The third-order valence-corrected chi connectivity index (χ3v) is 2.16. The van der Waals surface area contributed by atoms with E-state index in [1.165, 1.54) is 0 Å². The van der Waals surface area contributed by atoms with Gasteiger partial charge < -0.3 is 15.9 Å². The first-order chi connectivity index (χ1) is 5.95. The van der Waals surface area contributed by atoms with Crippen molar-refractivity contribution in [3.63, 3.8) is 0 Å². The molecule has 0 saturated carbocycles. The van der Waals surface area contributed by atoms with Gasteiger partial charge in [0.25, 0.3) is 0 Å². The smallest absolute Gasteiger partial charge is 0.338 e. The number of anilines is 1. The van der Waals surface area contributed by atoms with Gasteiger partial charge in [0.05, 0.1) is 15.7 Å². The van der Waals surface area contributed by atoms with Gasteiger partial charge in [-0.05, 0) is 22.0 Å². The van der Waals surface area contributed by atoms with E-state index in [1.54, 1.807) is 0 Å². The van der Waals surface area contributed by atoms with Gasteiger partial charge in [-0.1, -0.05) is 0 Å². The summed E-state index contributed by atoms with van der Waals surface area (Å²) in [5, 5.41) is 17.6. The van der Waals surface area contributed by atoms with E-state index in [0.29, 0.717) is 0 Å². The molecule has 0 atom stereocenters. The number of phenols is 1. The standard InChI is InChI=1S/C7H5BrFNO3/c8-4-5(9)2(7(12)13)1-3(10)6(4)11/h1,11H,10H2,(H,12,13). The molecule has 0 bridgehead atoms. The Bertz CT molecular complexity index is 380. The molecule has 0 saturated heterocycles. The molecule has 6 heteroatoms. The second kappa shape index (κ2) is 3.21. The number of carboxylic acid groups (broad SMARTS) is 1. The van der Waals surface area contributed by atoms with Gasteiger partial charge in [0.2, 0.25) is 0 Å². The third-order valence-electron chi connectivity index (χ3n) is 1.44. The van der Waals surface area contributed by atoms with Gasteiger partial charge in [0, 0.05) is 0 Å². The average molecular weight is 250 g/mol. The maximum atomic E-state index is 13.0. The van der Waals surface area contributed by atoms with Crippen LogP contribution in [-0.4, -0.2) is 16.2 Å². The summed E-state index contributed by atoms with van der Waals surface area (Å²) in [7, 11) is 0. The van der Waals surface area contributed by atoms with Crippen molar-refractivity contribution in [3.05, 3.63) is 21.9 Å². The lowest BCUT2D eigenvalue weighted by Gasteiger charge is -2.05. The summed E-state index contributed by atoms with van der Waals surface area (Å²) < 4.78 is 12.7. The van der Waals surface area contributed by atoms with E-state index in [4.69, 9.17) is 15.9 Å². The van der Waals surface area contributed by atoms with Crippen molar-refractivity contribution in [2.75, 3.05) is 5.73 Å². The minimum Gasteiger partial charge on any atom is -0.505 e. The Balaban J connectivity index is 3.50. The fraction of sp³-hybridized carbons (Fsp3) is 0. The molecule has 1 aromatic carbocycles. The quantitative estimate of drug-likeness (QED) is 0.521. The lowest BCUT2D eigenvalue weighted by Crippen LogP contribution is -2.03. The number of carboxylic acids is 1. The summed E-state index contributed by atoms with van der Waals surface area (Å²) >= 11 is 2.68. The van der Waals surface area contributed by atoms with Crippen molar-refractivity contribution in [2.45, 2.75) is 0 Å². The highest BCUT2D eigenvalue weighted by atomic mass is 79.9. The zero-order valence-electron chi connectivity index (χ0n) is 6.21. The molecule has 4 N–H and O–H groups in total. The van der Waals surface area contributed by atoms with Gasteiger partial charge in [-0.15, -0.1) is 0 Å². The fourth-order valence-electron chi connectivity index (χ4n) is 0.792. The van der Waals surface area contributed by atoms with Crippen LogP contribution in [0.1, 0.15) is 10.4 Å². The number of hydrogen-bond acceptors (Lipinski definition) is 3. The number of aromatic carboxylic acids is 1. The van der Waals surface area contributed by atoms with Crippen molar-refractivity contribution in [3.8, 4) is 5.75 Å². The van der Waals surface area contributed by atoms with Crippen LogP contribution in [0.2, 0.25) is 0 Å². The minimum absolute atomic E-state index is 0.189. The number of halogens is 2. The Labute approximate surface area is 80.9 Å². The first-order valence-corrected chi connectivity index (χ1v) is 3.94. The van der Waals surface area contributed by atoms with E-state index in [1.807, 2.05) is 0 Å². The number of carbonyl (C=O) groups is 1. The van der Waals surface area contributed by atoms with Gasteiger partial charge >= 0.3 is 5.97 Å². The molecule has 0 aromatic heterocycles. The maximum absolute atomic E-state index is 13.0.